The maximum absolute atomic E-state index is 6.10. The fourth-order valence-corrected chi connectivity index (χ4v) is 0. The molecule has 0 heteroatoms. The Kier molecular flexibility index (Phi) is 0.763. The standard InChI is InChI=1S/C4H2/c1-3-4-2/h1-2H/i1T. The Labute approximate surface area is 27.2 Å². The molecule has 4 heavy (non-hydrogen) atoms. The number of terminal acetylenes is 2. The van der Waals surface area contributed by atoms with Crippen LogP contribution in [0.1, 0.15) is 1.37 Å². The van der Waals surface area contributed by atoms with Crippen LogP contribution in [0.2, 0.25) is 0 Å². The summed E-state index contributed by atoms with van der Waals surface area (Å²) < 4.78 is 6.10. The molecule has 0 aliphatic carbocycles. The molecule has 0 heterocycles. The van der Waals surface area contributed by atoms with Crippen molar-refractivity contribution in [1.82, 2.24) is 0 Å². The maximum atomic E-state index is 6.10. The summed E-state index contributed by atoms with van der Waals surface area (Å²) in [6.07, 6.45) is 6.38. The highest BCUT2D eigenvalue weighted by atomic mass is 13.3. The average Bonchev–Trinajstić information content (AvgIpc) is 1.41. The molecule has 0 saturated heterocycles. The molecular formula is C4H2. The summed E-state index contributed by atoms with van der Waals surface area (Å²) in [5.41, 5.74) is 0. The fourth-order valence-electron chi connectivity index (χ4n) is 0. The summed E-state index contributed by atoms with van der Waals surface area (Å²) in [5, 5.41) is 0. The van der Waals surface area contributed by atoms with Crippen LogP contribution in [-0.2, 0) is 0 Å². The van der Waals surface area contributed by atoms with Crippen molar-refractivity contribution >= 4 is 0 Å². The number of hydrogen-bond acceptors (Lipinski definition) is 0. The lowest BCUT2D eigenvalue weighted by atomic mass is 10.7. The zero-order valence-electron chi connectivity index (χ0n) is 3.08. The average molecular weight is 52.1 g/mol. The third-order valence-corrected chi connectivity index (χ3v) is 0.0722. The Bertz CT molecular complexity index is 97.0. The van der Waals surface area contributed by atoms with Crippen molar-refractivity contribution in [2.45, 2.75) is 0 Å². The van der Waals surface area contributed by atoms with Crippen LogP contribution in [0, 0.1) is 24.7 Å². The molecule has 0 spiro atoms. The highest BCUT2D eigenvalue weighted by molar-refractivity contribution is 5.15. The molecule has 18 valence electrons. The lowest BCUT2D eigenvalue weighted by Crippen LogP contribution is -1.26. The highest BCUT2D eigenvalue weighted by Crippen LogP contribution is 1.27. The maximum Gasteiger partial charge on any atom is 0.125 e. The molecule has 0 aliphatic rings. The molecule has 0 aromatic carbocycles. The van der Waals surface area contributed by atoms with Gasteiger partial charge in [0.2, 0.25) is 0 Å². The summed E-state index contributed by atoms with van der Waals surface area (Å²) in [5.74, 6) is 4.02. The normalized spacial score (nSPS) is 4.25. The van der Waals surface area contributed by atoms with Crippen LogP contribution in [0.4, 0.5) is 0 Å². The van der Waals surface area contributed by atoms with Gasteiger partial charge in [-0.1, -0.05) is 0 Å². The summed E-state index contributed by atoms with van der Waals surface area (Å²) in [6, 6.07) is 0. The van der Waals surface area contributed by atoms with E-state index in [0.29, 0.717) is 0 Å². The van der Waals surface area contributed by atoms with Crippen LogP contribution < -0.4 is 0 Å². The van der Waals surface area contributed by atoms with Gasteiger partial charge in [-0.2, -0.15) is 0 Å². The fraction of sp³-hybridized carbons (Fsp3) is 0. The molecule has 0 amide bonds. The van der Waals surface area contributed by atoms with E-state index < -0.39 is 0 Å². The summed E-state index contributed by atoms with van der Waals surface area (Å²) in [4.78, 5) is 0. The Morgan fingerprint density at radius 2 is 2.50 bits per heavy atom. The predicted molar refractivity (Wildman–Crippen MR) is 17.7 cm³/mol. The van der Waals surface area contributed by atoms with Gasteiger partial charge in [-0.15, -0.1) is 12.8 Å². The van der Waals surface area contributed by atoms with Gasteiger partial charge in [0.15, 0.2) is 0 Å². The van der Waals surface area contributed by atoms with Crippen LogP contribution in [0.15, 0.2) is 0 Å². The van der Waals surface area contributed by atoms with Crippen molar-refractivity contribution in [2.24, 2.45) is 0 Å². The minimum absolute atomic E-state index is 1.78. The van der Waals surface area contributed by atoms with Gasteiger partial charge in [-0.05, 0) is 11.8 Å². The monoisotopic (exact) mass is 52.0 g/mol. The van der Waals surface area contributed by atoms with Crippen LogP contribution >= 0.6 is 0 Å². The minimum atomic E-state index is 1.78. The second kappa shape index (κ2) is 2.12. The van der Waals surface area contributed by atoms with E-state index in [0.717, 1.165) is 0 Å². The smallest absolute Gasteiger partial charge is 0.106 e. The van der Waals surface area contributed by atoms with Gasteiger partial charge in [-0.25, -0.2) is 0 Å². The van der Waals surface area contributed by atoms with E-state index in [2.05, 4.69) is 12.3 Å². The molecule has 0 aromatic rings. The molecule has 0 nitrogen and oxygen atoms in total. The minimum Gasteiger partial charge on any atom is -0.106 e. The zero-order chi connectivity index (χ0) is 4.12. The van der Waals surface area contributed by atoms with E-state index >= 15 is 0 Å². The van der Waals surface area contributed by atoms with Gasteiger partial charge in [-0.3, -0.25) is 0 Å². The van der Waals surface area contributed by atoms with E-state index in [1.165, 1.54) is 0 Å². The first-order valence-corrected chi connectivity index (χ1v) is 0.789. The molecule has 0 radical (unpaired) electrons. The lowest BCUT2D eigenvalue weighted by molar-refractivity contribution is 2.62. The van der Waals surface area contributed by atoms with Gasteiger partial charge in [0.25, 0.3) is 0 Å². The van der Waals surface area contributed by atoms with Crippen molar-refractivity contribution in [3.8, 4) is 24.7 Å². The van der Waals surface area contributed by atoms with E-state index in [9.17, 15) is 0 Å². The molecule has 0 saturated carbocycles. The SMILES string of the molecule is [3H]C#CC#C. The summed E-state index contributed by atoms with van der Waals surface area (Å²) >= 11 is 0. The van der Waals surface area contributed by atoms with E-state index in [-0.39, 0.29) is 0 Å². The first-order valence-electron chi connectivity index (χ1n) is 1.29. The topological polar surface area (TPSA) is 0 Å². The van der Waals surface area contributed by atoms with E-state index in [1.54, 1.807) is 6.40 Å². The number of rotatable bonds is 0. The first-order chi connectivity index (χ1) is 2.41. The Hall–Kier alpha value is -0.880. The second-order valence-electron chi connectivity index (χ2n) is 0.269. The van der Waals surface area contributed by atoms with Gasteiger partial charge in [0, 0.05) is 0 Å². The molecule has 0 unspecified atom stereocenters. The van der Waals surface area contributed by atoms with E-state index in [4.69, 9.17) is 1.37 Å². The predicted octanol–water partition coefficient (Wildman–Crippen LogP) is 0.253. The second-order valence-corrected chi connectivity index (χ2v) is 0.269. The zero-order valence-corrected chi connectivity index (χ0v) is 2.08. The molecule has 0 N–H and O–H groups in total. The first kappa shape index (κ1) is 1.44. The Morgan fingerprint density at radius 1 is 1.75 bits per heavy atom. The Morgan fingerprint density at radius 3 is 2.50 bits per heavy atom. The van der Waals surface area contributed by atoms with Gasteiger partial charge in [0.05, 0.1) is 0 Å². The lowest BCUT2D eigenvalue weighted by Gasteiger charge is -1.30. The van der Waals surface area contributed by atoms with Crippen molar-refractivity contribution in [1.29, 1.82) is 0 Å². The summed E-state index contributed by atoms with van der Waals surface area (Å²) in [6.45, 7) is 0. The van der Waals surface area contributed by atoms with Crippen LogP contribution in [0.25, 0.3) is 0 Å². The van der Waals surface area contributed by atoms with Crippen molar-refractivity contribution in [2.75, 3.05) is 0 Å². The molecule has 0 fully saturated rings. The van der Waals surface area contributed by atoms with Crippen LogP contribution in [0.3, 0.4) is 0 Å². The third-order valence-electron chi connectivity index (χ3n) is 0.0722. The summed E-state index contributed by atoms with van der Waals surface area (Å²) in [7, 11) is 0. The molecule has 0 rings (SSSR count). The van der Waals surface area contributed by atoms with Crippen LogP contribution in [-0.4, -0.2) is 0 Å². The van der Waals surface area contributed by atoms with Crippen molar-refractivity contribution in [3.05, 3.63) is 0 Å². The van der Waals surface area contributed by atoms with Gasteiger partial charge in [0.1, 0.15) is 1.37 Å². The largest absolute Gasteiger partial charge is 0.125 e. The molecule has 0 atom stereocenters. The van der Waals surface area contributed by atoms with Crippen molar-refractivity contribution in [3.63, 3.8) is 0 Å². The van der Waals surface area contributed by atoms with Gasteiger partial charge < -0.3 is 0 Å². The molecule has 0 aliphatic heterocycles. The van der Waals surface area contributed by atoms with Crippen molar-refractivity contribution < 1.29 is 1.37 Å². The Balaban J connectivity index is 3.30. The van der Waals surface area contributed by atoms with Gasteiger partial charge >= 0.3 is 0 Å². The van der Waals surface area contributed by atoms with E-state index in [1.807, 2.05) is 5.92 Å². The molecular weight excluding hydrogens is 48.0 g/mol. The third kappa shape index (κ3) is 1.12. The highest BCUT2D eigenvalue weighted by Gasteiger charge is 1.23. The number of hydrogen-bond donors (Lipinski definition) is 0. The van der Waals surface area contributed by atoms with Crippen LogP contribution in [0.5, 0.6) is 0 Å². The quantitative estimate of drug-likeness (QED) is 0.346. The molecule has 0 bridgehead atoms. The molecule has 0 aromatic heterocycles.